The highest BCUT2D eigenvalue weighted by Gasteiger charge is 2.14. The van der Waals surface area contributed by atoms with Crippen molar-refractivity contribution in [1.82, 2.24) is 14.9 Å². The number of hydrogen-bond donors (Lipinski definition) is 2. The minimum Gasteiger partial charge on any atom is -0.491 e. The van der Waals surface area contributed by atoms with Crippen LogP contribution in [0.15, 0.2) is 53.7 Å². The van der Waals surface area contributed by atoms with Crippen molar-refractivity contribution in [3.05, 3.63) is 59.9 Å². The molecule has 7 nitrogen and oxygen atoms in total. The molecule has 1 unspecified atom stereocenters. The molecular weight excluding hydrogens is 369 g/mol. The van der Waals surface area contributed by atoms with E-state index in [9.17, 15) is 9.50 Å². The minimum absolute atomic E-state index is 0.0857. The molecule has 1 atom stereocenters. The lowest BCUT2D eigenvalue weighted by Crippen LogP contribution is -2.21. The highest BCUT2D eigenvalue weighted by molar-refractivity contribution is 7.99. The fourth-order valence-electron chi connectivity index (χ4n) is 2.21. The SMILES string of the molecule is N#Cc1ccc(OCC(O)CSc2nnc(-c3ccc(F)cc3)n2N)cc1. The maximum atomic E-state index is 13.0. The fourth-order valence-corrected chi connectivity index (χ4v) is 2.97. The van der Waals surface area contributed by atoms with Crippen molar-refractivity contribution in [2.45, 2.75) is 11.3 Å². The Morgan fingerprint density at radius 3 is 2.56 bits per heavy atom. The number of nitrogens with zero attached hydrogens (tertiary/aromatic N) is 4. The average molecular weight is 385 g/mol. The second-order valence-electron chi connectivity index (χ2n) is 5.60. The molecule has 0 aliphatic carbocycles. The number of halogens is 1. The van der Waals surface area contributed by atoms with Crippen LogP contribution in [0.1, 0.15) is 5.56 Å². The van der Waals surface area contributed by atoms with E-state index < -0.39 is 6.10 Å². The van der Waals surface area contributed by atoms with Crippen LogP contribution in [0, 0.1) is 17.1 Å². The molecule has 0 bridgehead atoms. The van der Waals surface area contributed by atoms with Crippen LogP contribution in [-0.4, -0.2) is 38.4 Å². The first-order chi connectivity index (χ1) is 13.1. The summed E-state index contributed by atoms with van der Waals surface area (Å²) in [5.74, 6) is 6.92. The van der Waals surface area contributed by atoms with Gasteiger partial charge in [0.25, 0.3) is 0 Å². The molecule has 9 heteroatoms. The monoisotopic (exact) mass is 385 g/mol. The number of rotatable bonds is 7. The van der Waals surface area contributed by atoms with Crippen LogP contribution in [0.5, 0.6) is 5.75 Å². The summed E-state index contributed by atoms with van der Waals surface area (Å²) in [7, 11) is 0. The normalized spacial score (nSPS) is 11.7. The fraction of sp³-hybridized carbons (Fsp3) is 0.167. The first-order valence-electron chi connectivity index (χ1n) is 7.97. The predicted molar refractivity (Wildman–Crippen MR) is 98.9 cm³/mol. The molecular formula is C18H16FN5O2S. The number of nitrogen functional groups attached to an aromatic ring is 1. The Morgan fingerprint density at radius 1 is 1.19 bits per heavy atom. The second kappa shape index (κ2) is 8.53. The molecule has 2 aromatic carbocycles. The highest BCUT2D eigenvalue weighted by atomic mass is 32.2. The molecule has 3 aromatic rings. The summed E-state index contributed by atoms with van der Waals surface area (Å²) in [5.41, 5.74) is 1.18. The molecule has 0 saturated heterocycles. The van der Waals surface area contributed by atoms with E-state index >= 15 is 0 Å². The van der Waals surface area contributed by atoms with Gasteiger partial charge in [-0.25, -0.2) is 9.07 Å². The highest BCUT2D eigenvalue weighted by Crippen LogP contribution is 2.22. The van der Waals surface area contributed by atoms with E-state index in [-0.39, 0.29) is 12.4 Å². The maximum absolute atomic E-state index is 13.0. The summed E-state index contributed by atoms with van der Waals surface area (Å²) < 4.78 is 19.8. The van der Waals surface area contributed by atoms with Crippen LogP contribution in [0.4, 0.5) is 4.39 Å². The summed E-state index contributed by atoms with van der Waals surface area (Å²) in [6, 6.07) is 14.4. The number of nitrogens with two attached hydrogens (primary N) is 1. The van der Waals surface area contributed by atoms with Crippen molar-refractivity contribution in [2.24, 2.45) is 0 Å². The lowest BCUT2D eigenvalue weighted by atomic mass is 10.2. The van der Waals surface area contributed by atoms with Crippen LogP contribution < -0.4 is 10.6 Å². The van der Waals surface area contributed by atoms with Gasteiger partial charge < -0.3 is 15.7 Å². The zero-order valence-corrected chi connectivity index (χ0v) is 14.9. The Balaban J connectivity index is 1.53. The summed E-state index contributed by atoms with van der Waals surface area (Å²) in [6.07, 6.45) is -0.753. The van der Waals surface area contributed by atoms with E-state index in [0.29, 0.717) is 33.6 Å². The Kier molecular flexibility index (Phi) is 5.90. The van der Waals surface area contributed by atoms with E-state index in [4.69, 9.17) is 15.8 Å². The topological polar surface area (TPSA) is 110 Å². The number of thioether (sulfide) groups is 1. The zero-order valence-electron chi connectivity index (χ0n) is 14.1. The van der Waals surface area contributed by atoms with Gasteiger partial charge in [0, 0.05) is 11.3 Å². The third kappa shape index (κ3) is 4.75. The molecule has 0 fully saturated rings. The van der Waals surface area contributed by atoms with Gasteiger partial charge in [-0.3, -0.25) is 0 Å². The van der Waals surface area contributed by atoms with Gasteiger partial charge in [-0.1, -0.05) is 11.8 Å². The molecule has 0 aliphatic rings. The van der Waals surface area contributed by atoms with E-state index in [1.54, 1.807) is 36.4 Å². The van der Waals surface area contributed by atoms with Gasteiger partial charge in [0.2, 0.25) is 5.16 Å². The van der Waals surface area contributed by atoms with Gasteiger partial charge in [0.15, 0.2) is 5.82 Å². The van der Waals surface area contributed by atoms with Crippen molar-refractivity contribution >= 4 is 11.8 Å². The molecule has 27 heavy (non-hydrogen) atoms. The summed E-state index contributed by atoms with van der Waals surface area (Å²) in [6.45, 7) is 0.0857. The molecule has 0 aliphatic heterocycles. The van der Waals surface area contributed by atoms with Gasteiger partial charge in [-0.15, -0.1) is 10.2 Å². The molecule has 0 saturated carbocycles. The van der Waals surface area contributed by atoms with Crippen LogP contribution in [0.25, 0.3) is 11.4 Å². The minimum atomic E-state index is -0.753. The maximum Gasteiger partial charge on any atom is 0.210 e. The smallest absolute Gasteiger partial charge is 0.210 e. The van der Waals surface area contributed by atoms with Crippen LogP contribution in [0.2, 0.25) is 0 Å². The Hall–Kier alpha value is -3.09. The number of aliphatic hydroxyl groups excluding tert-OH is 1. The lowest BCUT2D eigenvalue weighted by Gasteiger charge is -2.12. The van der Waals surface area contributed by atoms with Crippen molar-refractivity contribution in [1.29, 1.82) is 5.26 Å². The Morgan fingerprint density at radius 2 is 1.89 bits per heavy atom. The van der Waals surface area contributed by atoms with Gasteiger partial charge >= 0.3 is 0 Å². The van der Waals surface area contributed by atoms with E-state index in [2.05, 4.69) is 10.2 Å². The zero-order chi connectivity index (χ0) is 19.2. The largest absolute Gasteiger partial charge is 0.491 e. The number of nitriles is 1. The van der Waals surface area contributed by atoms with Crippen molar-refractivity contribution in [3.8, 4) is 23.2 Å². The Bertz CT molecular complexity index is 938. The van der Waals surface area contributed by atoms with E-state index in [0.717, 1.165) is 0 Å². The van der Waals surface area contributed by atoms with E-state index in [1.807, 2.05) is 6.07 Å². The number of hydrogen-bond acceptors (Lipinski definition) is 7. The van der Waals surface area contributed by atoms with Crippen molar-refractivity contribution in [3.63, 3.8) is 0 Å². The van der Waals surface area contributed by atoms with Crippen molar-refractivity contribution in [2.75, 3.05) is 18.2 Å². The standard InChI is InChI=1S/C18H16FN5O2S/c19-14-5-3-13(4-6-14)17-22-23-18(24(17)21)27-11-15(25)10-26-16-7-1-12(9-20)2-8-16/h1-8,15,25H,10-11,21H2. The second-order valence-corrected chi connectivity index (χ2v) is 6.58. The lowest BCUT2D eigenvalue weighted by molar-refractivity contribution is 0.126. The third-order valence-corrected chi connectivity index (χ3v) is 4.69. The van der Waals surface area contributed by atoms with E-state index in [1.165, 1.54) is 28.6 Å². The van der Waals surface area contributed by atoms with Crippen LogP contribution >= 0.6 is 11.8 Å². The number of benzene rings is 2. The molecule has 3 N–H and O–H groups in total. The molecule has 0 radical (unpaired) electrons. The molecule has 1 heterocycles. The first-order valence-corrected chi connectivity index (χ1v) is 8.95. The molecule has 3 rings (SSSR count). The first kappa shape index (κ1) is 18.7. The summed E-state index contributed by atoms with van der Waals surface area (Å²) in [5, 5.41) is 27.3. The van der Waals surface area contributed by atoms with Crippen LogP contribution in [0.3, 0.4) is 0 Å². The summed E-state index contributed by atoms with van der Waals surface area (Å²) in [4.78, 5) is 0. The summed E-state index contributed by atoms with van der Waals surface area (Å²) >= 11 is 1.23. The van der Waals surface area contributed by atoms with Gasteiger partial charge in [0.1, 0.15) is 18.2 Å². The van der Waals surface area contributed by atoms with Gasteiger partial charge in [0.05, 0.1) is 17.7 Å². The van der Waals surface area contributed by atoms with Crippen LogP contribution in [-0.2, 0) is 0 Å². The molecule has 0 spiro atoms. The molecule has 1 aromatic heterocycles. The molecule has 138 valence electrons. The van der Waals surface area contributed by atoms with Gasteiger partial charge in [-0.2, -0.15) is 5.26 Å². The predicted octanol–water partition coefficient (Wildman–Crippen LogP) is 2.20. The quantitative estimate of drug-likeness (QED) is 0.474. The number of aromatic nitrogens is 3. The Labute approximate surface area is 159 Å². The number of aliphatic hydroxyl groups is 1. The van der Waals surface area contributed by atoms with Crippen molar-refractivity contribution < 1.29 is 14.2 Å². The average Bonchev–Trinajstić information content (AvgIpc) is 3.06. The molecule has 0 amide bonds. The van der Waals surface area contributed by atoms with Gasteiger partial charge in [-0.05, 0) is 48.5 Å². The number of ether oxygens (including phenoxy) is 1. The third-order valence-electron chi connectivity index (χ3n) is 3.60.